The molecule has 0 spiro atoms. The Morgan fingerprint density at radius 1 is 0.867 bits per heavy atom. The minimum absolute atomic E-state index is 0.130. The molecule has 0 aliphatic heterocycles. The molecule has 0 atom stereocenters. The summed E-state index contributed by atoms with van der Waals surface area (Å²) >= 11 is 0. The van der Waals surface area contributed by atoms with Crippen molar-refractivity contribution in [1.29, 1.82) is 0 Å². The second-order valence-corrected chi connectivity index (χ2v) is 7.92. The molecule has 30 heavy (non-hydrogen) atoms. The highest BCUT2D eigenvalue weighted by molar-refractivity contribution is 5.95. The van der Waals surface area contributed by atoms with E-state index in [9.17, 15) is 14.7 Å². The van der Waals surface area contributed by atoms with Crippen LogP contribution in [0.1, 0.15) is 107 Å². The van der Waals surface area contributed by atoms with Crippen LogP contribution >= 0.6 is 0 Å². The van der Waals surface area contributed by atoms with Gasteiger partial charge in [-0.25, -0.2) is 4.79 Å². The van der Waals surface area contributed by atoms with Crippen LogP contribution in [0.3, 0.4) is 0 Å². The summed E-state index contributed by atoms with van der Waals surface area (Å²) in [7, 11) is 0. The number of amides is 1. The van der Waals surface area contributed by atoms with E-state index in [2.05, 4.69) is 24.4 Å². The van der Waals surface area contributed by atoms with E-state index in [1.165, 1.54) is 76.0 Å². The fourth-order valence-corrected chi connectivity index (χ4v) is 3.36. The standard InChI is InChI=1S/C25H39NO4/c1-2-3-4-5-6-7-8-9-10-11-12-13-14-15-16-17-24(28)26-21-18-19-23(27)22(20-21)25(29)30/h9-10,18-20,27H,2-8,11-17H2,1H3,(H,26,28)(H,29,30)/b10-9-. The largest absolute Gasteiger partial charge is 0.507 e. The van der Waals surface area contributed by atoms with Crippen molar-refractivity contribution in [3.63, 3.8) is 0 Å². The number of hydrogen-bond acceptors (Lipinski definition) is 3. The molecule has 1 aromatic rings. The van der Waals surface area contributed by atoms with Crippen molar-refractivity contribution in [2.45, 2.75) is 96.8 Å². The van der Waals surface area contributed by atoms with Crippen LogP contribution in [0, 0.1) is 0 Å². The van der Waals surface area contributed by atoms with Gasteiger partial charge in [0.05, 0.1) is 0 Å². The molecule has 5 nitrogen and oxygen atoms in total. The Bertz CT molecular complexity index is 655. The lowest BCUT2D eigenvalue weighted by Gasteiger charge is -2.07. The number of anilines is 1. The van der Waals surface area contributed by atoms with Gasteiger partial charge in [-0.05, 0) is 50.3 Å². The summed E-state index contributed by atoms with van der Waals surface area (Å²) in [6.07, 6.45) is 20.8. The van der Waals surface area contributed by atoms with Crippen LogP contribution in [0.2, 0.25) is 0 Å². The van der Waals surface area contributed by atoms with Gasteiger partial charge in [0.15, 0.2) is 0 Å². The Labute approximate surface area is 181 Å². The van der Waals surface area contributed by atoms with E-state index >= 15 is 0 Å². The Morgan fingerprint density at radius 2 is 1.43 bits per heavy atom. The minimum Gasteiger partial charge on any atom is -0.507 e. The Kier molecular flexibility index (Phi) is 14.1. The predicted octanol–water partition coefficient (Wildman–Crippen LogP) is 7.07. The number of allylic oxidation sites excluding steroid dienone is 2. The first-order valence-corrected chi connectivity index (χ1v) is 11.6. The van der Waals surface area contributed by atoms with Crippen LogP contribution in [-0.2, 0) is 4.79 Å². The molecular formula is C25H39NO4. The molecule has 0 aromatic heterocycles. The second-order valence-electron chi connectivity index (χ2n) is 7.92. The molecule has 0 unspecified atom stereocenters. The Balaban J connectivity index is 2.00. The highest BCUT2D eigenvalue weighted by Crippen LogP contribution is 2.21. The summed E-state index contributed by atoms with van der Waals surface area (Å²) < 4.78 is 0. The van der Waals surface area contributed by atoms with E-state index in [-0.39, 0.29) is 17.2 Å². The van der Waals surface area contributed by atoms with Gasteiger partial charge in [-0.15, -0.1) is 0 Å². The van der Waals surface area contributed by atoms with Gasteiger partial charge in [-0.1, -0.05) is 70.4 Å². The zero-order valence-electron chi connectivity index (χ0n) is 18.5. The summed E-state index contributed by atoms with van der Waals surface area (Å²) in [5.41, 5.74) is 0.178. The van der Waals surface area contributed by atoms with Gasteiger partial charge in [-0.2, -0.15) is 0 Å². The predicted molar refractivity (Wildman–Crippen MR) is 123 cm³/mol. The van der Waals surface area contributed by atoms with Crippen molar-refractivity contribution in [2.24, 2.45) is 0 Å². The molecule has 3 N–H and O–H groups in total. The Morgan fingerprint density at radius 3 is 2.03 bits per heavy atom. The number of carbonyl (C=O) groups is 2. The number of carbonyl (C=O) groups excluding carboxylic acids is 1. The van der Waals surface area contributed by atoms with Gasteiger partial charge in [0, 0.05) is 12.1 Å². The van der Waals surface area contributed by atoms with E-state index < -0.39 is 5.97 Å². The summed E-state index contributed by atoms with van der Waals surface area (Å²) in [6, 6.07) is 4.05. The maximum atomic E-state index is 12.0. The number of hydrogen-bond donors (Lipinski definition) is 3. The van der Waals surface area contributed by atoms with Gasteiger partial charge in [0.25, 0.3) is 0 Å². The summed E-state index contributed by atoms with van der Waals surface area (Å²) in [5, 5.41) is 21.2. The van der Waals surface area contributed by atoms with Crippen molar-refractivity contribution in [3.05, 3.63) is 35.9 Å². The lowest BCUT2D eigenvalue weighted by molar-refractivity contribution is -0.116. The SMILES string of the molecule is CCCCCCCC/C=C\CCCCCCCC(=O)Nc1ccc(O)c(C(=O)O)c1. The monoisotopic (exact) mass is 417 g/mol. The topological polar surface area (TPSA) is 86.6 Å². The number of benzene rings is 1. The number of aromatic carboxylic acids is 1. The first kappa shape index (κ1) is 25.7. The molecule has 168 valence electrons. The average Bonchev–Trinajstić information content (AvgIpc) is 2.72. The summed E-state index contributed by atoms with van der Waals surface area (Å²) in [4.78, 5) is 23.0. The van der Waals surface area contributed by atoms with Crippen molar-refractivity contribution in [3.8, 4) is 5.75 Å². The Hall–Kier alpha value is -2.30. The molecule has 1 amide bonds. The van der Waals surface area contributed by atoms with E-state index in [0.29, 0.717) is 12.1 Å². The van der Waals surface area contributed by atoms with E-state index in [1.807, 2.05) is 0 Å². The van der Waals surface area contributed by atoms with E-state index in [0.717, 1.165) is 25.7 Å². The molecule has 1 rings (SSSR count). The second kappa shape index (κ2) is 16.5. The molecule has 0 aliphatic carbocycles. The number of carboxylic acid groups (broad SMARTS) is 1. The molecule has 5 heteroatoms. The van der Waals surface area contributed by atoms with Gasteiger partial charge >= 0.3 is 5.97 Å². The van der Waals surface area contributed by atoms with Gasteiger partial charge in [0.2, 0.25) is 5.91 Å². The zero-order valence-corrected chi connectivity index (χ0v) is 18.5. The van der Waals surface area contributed by atoms with Crippen LogP contribution in [0.15, 0.2) is 30.4 Å². The maximum absolute atomic E-state index is 12.0. The minimum atomic E-state index is -1.22. The zero-order chi connectivity index (χ0) is 22.0. The highest BCUT2D eigenvalue weighted by atomic mass is 16.4. The van der Waals surface area contributed by atoms with Crippen LogP contribution in [0.5, 0.6) is 5.75 Å². The molecule has 0 saturated carbocycles. The van der Waals surface area contributed by atoms with Crippen LogP contribution < -0.4 is 5.32 Å². The van der Waals surface area contributed by atoms with Gasteiger partial charge in [-0.3, -0.25) is 4.79 Å². The first-order valence-electron chi connectivity index (χ1n) is 11.6. The van der Waals surface area contributed by atoms with Crippen molar-refractivity contribution >= 4 is 17.6 Å². The number of phenols is 1. The molecule has 1 aromatic carbocycles. The fraction of sp³-hybridized carbons (Fsp3) is 0.600. The third-order valence-corrected chi connectivity index (χ3v) is 5.18. The molecular weight excluding hydrogens is 378 g/mol. The number of aromatic hydroxyl groups is 1. The highest BCUT2D eigenvalue weighted by Gasteiger charge is 2.11. The lowest BCUT2D eigenvalue weighted by atomic mass is 10.1. The van der Waals surface area contributed by atoms with Crippen molar-refractivity contribution in [1.82, 2.24) is 0 Å². The van der Waals surface area contributed by atoms with Gasteiger partial charge in [0.1, 0.15) is 11.3 Å². The molecule has 0 fully saturated rings. The molecule has 0 radical (unpaired) electrons. The molecule has 0 aliphatic rings. The maximum Gasteiger partial charge on any atom is 0.339 e. The van der Waals surface area contributed by atoms with E-state index in [4.69, 9.17) is 5.11 Å². The average molecular weight is 418 g/mol. The fourth-order valence-electron chi connectivity index (χ4n) is 3.36. The molecule has 0 heterocycles. The van der Waals surface area contributed by atoms with E-state index in [1.54, 1.807) is 0 Å². The number of rotatable bonds is 17. The van der Waals surface area contributed by atoms with Crippen molar-refractivity contribution in [2.75, 3.05) is 5.32 Å². The number of nitrogens with one attached hydrogen (secondary N) is 1. The lowest BCUT2D eigenvalue weighted by Crippen LogP contribution is -2.11. The van der Waals surface area contributed by atoms with Crippen molar-refractivity contribution < 1.29 is 19.8 Å². The first-order chi connectivity index (χ1) is 14.5. The molecule has 0 bridgehead atoms. The third kappa shape index (κ3) is 12.3. The normalized spacial score (nSPS) is 11.1. The third-order valence-electron chi connectivity index (χ3n) is 5.18. The number of carboxylic acids is 1. The smallest absolute Gasteiger partial charge is 0.339 e. The van der Waals surface area contributed by atoms with Crippen LogP contribution in [-0.4, -0.2) is 22.1 Å². The van der Waals surface area contributed by atoms with Gasteiger partial charge < -0.3 is 15.5 Å². The number of unbranched alkanes of at least 4 members (excludes halogenated alkanes) is 11. The van der Waals surface area contributed by atoms with Crippen LogP contribution in [0.25, 0.3) is 0 Å². The van der Waals surface area contributed by atoms with Crippen LogP contribution in [0.4, 0.5) is 5.69 Å². The summed E-state index contributed by atoms with van der Waals surface area (Å²) in [5.74, 6) is -1.66. The quantitative estimate of drug-likeness (QED) is 0.144. The summed E-state index contributed by atoms with van der Waals surface area (Å²) in [6.45, 7) is 2.25. The molecule has 0 saturated heterocycles.